The van der Waals surface area contributed by atoms with Gasteiger partial charge in [0.25, 0.3) is 0 Å². The standard InChI is InChI=1S/C52H33N3O/c1-3-17-38-35(15-1)36-16-2-4-18-39(36)52(38)37-30-29-34(31-33(37)32-50-53-44-23-9-12-26-47(44)55(50)52)54-45-24-10-5-19-40(45)51(41-20-6-11-25-46(41)54)42-21-7-13-27-48(42)56-49-28-14-8-22-43(49)51/h1-31H,32H2. The zero-order valence-electron chi connectivity index (χ0n) is 30.4. The number of rotatable bonds is 1. The van der Waals surface area contributed by atoms with Crippen molar-refractivity contribution in [2.75, 3.05) is 4.90 Å². The molecule has 0 fully saturated rings. The normalized spacial score (nSPS) is 15.5. The molecule has 0 atom stereocenters. The number of fused-ring (bicyclic) bond motifs is 19. The third-order valence-electron chi connectivity index (χ3n) is 12.9. The number of ether oxygens (including phenoxy) is 1. The highest BCUT2D eigenvalue weighted by Gasteiger charge is 2.53. The third kappa shape index (κ3) is 3.53. The Balaban J connectivity index is 1.09. The molecule has 56 heavy (non-hydrogen) atoms. The zero-order valence-corrected chi connectivity index (χ0v) is 30.4. The Hall–Kier alpha value is -7.17. The van der Waals surface area contributed by atoms with E-state index in [4.69, 9.17) is 9.72 Å². The first-order chi connectivity index (χ1) is 27.8. The second-order valence-electron chi connectivity index (χ2n) is 15.4. The van der Waals surface area contributed by atoms with Crippen LogP contribution in [0.25, 0.3) is 22.2 Å². The molecular weight excluding hydrogens is 683 g/mol. The summed E-state index contributed by atoms with van der Waals surface area (Å²) in [5.41, 5.74) is 17.0. The van der Waals surface area contributed by atoms with E-state index >= 15 is 0 Å². The van der Waals surface area contributed by atoms with Crippen molar-refractivity contribution in [2.45, 2.75) is 17.4 Å². The molecule has 0 unspecified atom stereocenters. The van der Waals surface area contributed by atoms with Gasteiger partial charge in [-0.2, -0.15) is 0 Å². The zero-order chi connectivity index (χ0) is 36.6. The van der Waals surface area contributed by atoms with E-state index in [9.17, 15) is 0 Å². The fraction of sp³-hybridized carbons (Fsp3) is 0.0577. The van der Waals surface area contributed by atoms with E-state index in [0.717, 1.165) is 63.0 Å². The van der Waals surface area contributed by atoms with E-state index < -0.39 is 11.0 Å². The number of para-hydroxylation sites is 6. The molecule has 0 saturated carbocycles. The minimum absolute atomic E-state index is 0.567. The number of hydrogen-bond donors (Lipinski definition) is 0. The predicted octanol–water partition coefficient (Wildman–Crippen LogP) is 12.0. The van der Waals surface area contributed by atoms with Crippen molar-refractivity contribution in [3.05, 3.63) is 238 Å². The van der Waals surface area contributed by atoms with Crippen molar-refractivity contribution < 1.29 is 4.74 Å². The van der Waals surface area contributed by atoms with Gasteiger partial charge in [0.05, 0.1) is 27.8 Å². The average Bonchev–Trinajstić information content (AvgIpc) is 3.77. The van der Waals surface area contributed by atoms with E-state index in [0.29, 0.717) is 0 Å². The molecular formula is C52H33N3O. The lowest BCUT2D eigenvalue weighted by Gasteiger charge is -2.48. The monoisotopic (exact) mass is 715 g/mol. The second kappa shape index (κ2) is 10.7. The fourth-order valence-electron chi connectivity index (χ4n) is 10.9. The van der Waals surface area contributed by atoms with Gasteiger partial charge in [0.2, 0.25) is 0 Å². The van der Waals surface area contributed by atoms with Crippen LogP contribution >= 0.6 is 0 Å². The number of hydrogen-bond acceptors (Lipinski definition) is 3. The maximum absolute atomic E-state index is 6.63. The van der Waals surface area contributed by atoms with Crippen LogP contribution in [0.4, 0.5) is 17.1 Å². The molecule has 0 saturated heterocycles. The SMILES string of the molecule is c1ccc2c(c1)Oc1ccccc1C21c2ccccc2N(c2ccc3c(c2)Cc2nc4ccccc4n2C32c3ccccc3-c3ccccc32)c2ccccc21. The predicted molar refractivity (Wildman–Crippen MR) is 223 cm³/mol. The van der Waals surface area contributed by atoms with Crippen LogP contribution in [0, 0.1) is 0 Å². The van der Waals surface area contributed by atoms with E-state index in [-0.39, 0.29) is 0 Å². The van der Waals surface area contributed by atoms with Gasteiger partial charge in [-0.15, -0.1) is 0 Å². The van der Waals surface area contributed by atoms with Crippen molar-refractivity contribution in [3.63, 3.8) is 0 Å². The van der Waals surface area contributed by atoms with Crippen LogP contribution in [0.15, 0.2) is 188 Å². The molecule has 4 aliphatic rings. The minimum Gasteiger partial charge on any atom is -0.457 e. The molecule has 0 bridgehead atoms. The lowest BCUT2D eigenvalue weighted by Crippen LogP contribution is -2.41. The maximum Gasteiger partial charge on any atom is 0.132 e. The van der Waals surface area contributed by atoms with Crippen LogP contribution in [-0.2, 0) is 17.4 Å². The van der Waals surface area contributed by atoms with Crippen molar-refractivity contribution >= 4 is 28.1 Å². The molecule has 9 aromatic rings. The van der Waals surface area contributed by atoms with Crippen LogP contribution in [0.1, 0.15) is 50.3 Å². The summed E-state index contributed by atoms with van der Waals surface area (Å²) in [7, 11) is 0. The Kier molecular flexibility index (Phi) is 5.79. The quantitative estimate of drug-likeness (QED) is 0.169. The number of aromatic nitrogens is 2. The topological polar surface area (TPSA) is 30.3 Å². The number of nitrogens with zero attached hydrogens (tertiary/aromatic N) is 3. The van der Waals surface area contributed by atoms with Crippen LogP contribution < -0.4 is 9.64 Å². The highest BCUT2D eigenvalue weighted by Crippen LogP contribution is 2.63. The van der Waals surface area contributed by atoms with E-state index in [2.05, 4.69) is 198 Å². The molecule has 1 aromatic heterocycles. The van der Waals surface area contributed by atoms with Crippen molar-refractivity contribution in [1.29, 1.82) is 0 Å². The molecule has 0 N–H and O–H groups in total. The lowest BCUT2D eigenvalue weighted by atomic mass is 9.61. The molecule has 4 heterocycles. The van der Waals surface area contributed by atoms with Gasteiger partial charge in [-0.3, -0.25) is 0 Å². The molecule has 262 valence electrons. The van der Waals surface area contributed by atoms with Gasteiger partial charge in [0.1, 0.15) is 22.9 Å². The van der Waals surface area contributed by atoms with Crippen LogP contribution in [0.3, 0.4) is 0 Å². The molecule has 8 aromatic carbocycles. The average molecular weight is 716 g/mol. The number of benzene rings is 8. The Morgan fingerprint density at radius 1 is 0.464 bits per heavy atom. The summed E-state index contributed by atoms with van der Waals surface area (Å²) in [6.45, 7) is 0. The van der Waals surface area contributed by atoms with Gasteiger partial charge in [0, 0.05) is 23.2 Å². The first-order valence-electron chi connectivity index (χ1n) is 19.4. The summed E-state index contributed by atoms with van der Waals surface area (Å²) >= 11 is 0. The molecule has 4 nitrogen and oxygen atoms in total. The molecule has 1 aliphatic carbocycles. The summed E-state index contributed by atoms with van der Waals surface area (Å²) in [6.07, 6.45) is 0.725. The summed E-state index contributed by atoms with van der Waals surface area (Å²) in [5, 5.41) is 0. The largest absolute Gasteiger partial charge is 0.457 e. The minimum atomic E-state index is -0.574. The Labute approximate surface area is 324 Å². The summed E-state index contributed by atoms with van der Waals surface area (Å²) in [4.78, 5) is 7.85. The van der Waals surface area contributed by atoms with Gasteiger partial charge < -0.3 is 14.2 Å². The lowest BCUT2D eigenvalue weighted by molar-refractivity contribution is 0.434. The molecule has 3 aliphatic heterocycles. The van der Waals surface area contributed by atoms with Crippen LogP contribution in [0.5, 0.6) is 11.5 Å². The fourth-order valence-corrected chi connectivity index (χ4v) is 10.9. The van der Waals surface area contributed by atoms with E-state index in [1.54, 1.807) is 0 Å². The van der Waals surface area contributed by atoms with Crippen LogP contribution in [-0.4, -0.2) is 9.55 Å². The van der Waals surface area contributed by atoms with Crippen LogP contribution in [0.2, 0.25) is 0 Å². The van der Waals surface area contributed by atoms with E-state index in [1.807, 2.05) is 0 Å². The van der Waals surface area contributed by atoms with Gasteiger partial charge in [-0.05, 0) is 93.0 Å². The Morgan fingerprint density at radius 2 is 0.982 bits per heavy atom. The molecule has 13 rings (SSSR count). The maximum atomic E-state index is 6.63. The smallest absolute Gasteiger partial charge is 0.132 e. The van der Waals surface area contributed by atoms with Crippen molar-refractivity contribution in [3.8, 4) is 22.6 Å². The van der Waals surface area contributed by atoms with Crippen molar-refractivity contribution in [2.24, 2.45) is 0 Å². The number of anilines is 3. The Morgan fingerprint density at radius 3 is 1.62 bits per heavy atom. The molecule has 0 amide bonds. The Bertz CT molecular complexity index is 3000. The summed E-state index contributed by atoms with van der Waals surface area (Å²) < 4.78 is 9.18. The highest BCUT2D eigenvalue weighted by atomic mass is 16.5. The molecule has 4 heteroatoms. The van der Waals surface area contributed by atoms with Gasteiger partial charge in [-0.25, -0.2) is 4.98 Å². The van der Waals surface area contributed by atoms with Gasteiger partial charge >= 0.3 is 0 Å². The molecule has 2 spiro atoms. The van der Waals surface area contributed by atoms with Gasteiger partial charge in [-0.1, -0.05) is 140 Å². The van der Waals surface area contributed by atoms with Crippen molar-refractivity contribution in [1.82, 2.24) is 9.55 Å². The highest BCUT2D eigenvalue weighted by molar-refractivity contribution is 5.92. The van der Waals surface area contributed by atoms with E-state index in [1.165, 1.54) is 44.5 Å². The van der Waals surface area contributed by atoms with Gasteiger partial charge in [0.15, 0.2) is 0 Å². The number of imidazole rings is 1. The first kappa shape index (κ1) is 30.2. The summed E-state index contributed by atoms with van der Waals surface area (Å²) in [6, 6.07) is 68.9. The molecule has 0 radical (unpaired) electrons. The summed E-state index contributed by atoms with van der Waals surface area (Å²) in [5.74, 6) is 2.86. The third-order valence-corrected chi connectivity index (χ3v) is 12.9. The first-order valence-corrected chi connectivity index (χ1v) is 19.4. The second-order valence-corrected chi connectivity index (χ2v) is 15.4.